The summed E-state index contributed by atoms with van der Waals surface area (Å²) in [6.07, 6.45) is 8.78. The molecule has 26 heavy (non-hydrogen) atoms. The molecule has 1 aliphatic heterocycles. The van der Waals surface area contributed by atoms with Gasteiger partial charge in [-0.25, -0.2) is 14.8 Å². The summed E-state index contributed by atoms with van der Waals surface area (Å²) >= 11 is 0. The SMILES string of the molecule is CCOC(=O)N1CCN(c2ncnc(NC3CCCCCC3)c2N)CC1. The molecule has 1 saturated heterocycles. The summed E-state index contributed by atoms with van der Waals surface area (Å²) in [5.41, 5.74) is 6.98. The quantitative estimate of drug-likeness (QED) is 0.794. The maximum Gasteiger partial charge on any atom is 0.409 e. The number of piperazine rings is 1. The number of amides is 1. The fourth-order valence-electron chi connectivity index (χ4n) is 3.69. The molecule has 1 amide bonds. The summed E-state index contributed by atoms with van der Waals surface area (Å²) in [4.78, 5) is 24.4. The van der Waals surface area contributed by atoms with Crippen molar-refractivity contribution in [3.63, 3.8) is 0 Å². The van der Waals surface area contributed by atoms with Crippen molar-refractivity contribution >= 4 is 23.4 Å². The summed E-state index contributed by atoms with van der Waals surface area (Å²) in [6, 6.07) is 0.434. The first kappa shape index (κ1) is 18.5. The van der Waals surface area contributed by atoms with Crippen LogP contribution in [0.15, 0.2) is 6.33 Å². The van der Waals surface area contributed by atoms with E-state index in [1.807, 2.05) is 6.92 Å². The van der Waals surface area contributed by atoms with Gasteiger partial charge in [0.2, 0.25) is 0 Å². The van der Waals surface area contributed by atoms with Gasteiger partial charge in [0.05, 0.1) is 6.61 Å². The molecule has 144 valence electrons. The molecule has 3 N–H and O–H groups in total. The van der Waals surface area contributed by atoms with E-state index in [4.69, 9.17) is 10.5 Å². The minimum absolute atomic E-state index is 0.251. The van der Waals surface area contributed by atoms with Crippen molar-refractivity contribution < 1.29 is 9.53 Å². The first-order chi connectivity index (χ1) is 12.7. The highest BCUT2D eigenvalue weighted by molar-refractivity contribution is 5.75. The molecule has 0 aromatic carbocycles. The molecule has 2 fully saturated rings. The van der Waals surface area contributed by atoms with E-state index >= 15 is 0 Å². The molecule has 8 nitrogen and oxygen atoms in total. The molecule has 1 aromatic heterocycles. The van der Waals surface area contributed by atoms with Crippen LogP contribution in [0, 0.1) is 0 Å². The molecular formula is C18H30N6O2. The van der Waals surface area contributed by atoms with E-state index in [1.165, 1.54) is 25.7 Å². The summed E-state index contributed by atoms with van der Waals surface area (Å²) in [5.74, 6) is 1.48. The van der Waals surface area contributed by atoms with Gasteiger partial charge in [-0.05, 0) is 19.8 Å². The molecular weight excluding hydrogens is 332 g/mol. The maximum atomic E-state index is 11.8. The second-order valence-corrected chi connectivity index (χ2v) is 6.97. The van der Waals surface area contributed by atoms with Crippen LogP contribution in [0.5, 0.6) is 0 Å². The largest absolute Gasteiger partial charge is 0.450 e. The van der Waals surface area contributed by atoms with Gasteiger partial charge in [-0.15, -0.1) is 0 Å². The number of hydrogen-bond acceptors (Lipinski definition) is 7. The van der Waals surface area contributed by atoms with Crippen LogP contribution in [0.3, 0.4) is 0 Å². The van der Waals surface area contributed by atoms with Gasteiger partial charge in [0.25, 0.3) is 0 Å². The first-order valence-electron chi connectivity index (χ1n) is 9.72. The van der Waals surface area contributed by atoms with Gasteiger partial charge in [0.15, 0.2) is 11.6 Å². The lowest BCUT2D eigenvalue weighted by Crippen LogP contribution is -2.49. The summed E-state index contributed by atoms with van der Waals surface area (Å²) in [7, 11) is 0. The third kappa shape index (κ3) is 4.47. The zero-order valence-electron chi connectivity index (χ0n) is 15.6. The predicted octanol–water partition coefficient (Wildman–Crippen LogP) is 2.47. The summed E-state index contributed by atoms with van der Waals surface area (Å²) < 4.78 is 5.07. The molecule has 0 radical (unpaired) electrons. The van der Waals surface area contributed by atoms with Crippen molar-refractivity contribution in [2.75, 3.05) is 48.7 Å². The van der Waals surface area contributed by atoms with Crippen molar-refractivity contribution in [3.05, 3.63) is 6.33 Å². The van der Waals surface area contributed by atoms with Gasteiger partial charge in [-0.3, -0.25) is 0 Å². The first-order valence-corrected chi connectivity index (χ1v) is 9.72. The second-order valence-electron chi connectivity index (χ2n) is 6.97. The molecule has 2 aliphatic rings. The Hall–Kier alpha value is -2.25. The standard InChI is InChI=1S/C18H30N6O2/c1-2-26-18(25)24-11-9-23(10-12-24)17-15(19)16(20-13-21-17)22-14-7-5-3-4-6-8-14/h13-14H,2-12,19H2,1H3,(H,20,21,22). The van der Waals surface area contributed by atoms with Crippen LogP contribution in [0.1, 0.15) is 45.4 Å². The number of rotatable bonds is 4. The predicted molar refractivity (Wildman–Crippen MR) is 102 cm³/mol. The number of nitrogens with one attached hydrogen (secondary N) is 1. The lowest BCUT2D eigenvalue weighted by molar-refractivity contribution is 0.105. The van der Waals surface area contributed by atoms with Crippen molar-refractivity contribution in [1.82, 2.24) is 14.9 Å². The normalized spacial score (nSPS) is 19.1. The van der Waals surface area contributed by atoms with E-state index in [9.17, 15) is 4.79 Å². The smallest absolute Gasteiger partial charge is 0.409 e. The molecule has 3 rings (SSSR count). The maximum absolute atomic E-state index is 11.8. The Balaban J connectivity index is 1.63. The molecule has 0 unspecified atom stereocenters. The molecule has 0 bridgehead atoms. The van der Waals surface area contributed by atoms with Crippen LogP contribution in [0.4, 0.5) is 22.1 Å². The minimum Gasteiger partial charge on any atom is -0.450 e. The van der Waals surface area contributed by atoms with Crippen molar-refractivity contribution in [2.45, 2.75) is 51.5 Å². The molecule has 1 aliphatic carbocycles. The Labute approximate surface area is 155 Å². The van der Waals surface area contributed by atoms with E-state index in [1.54, 1.807) is 11.2 Å². The van der Waals surface area contributed by atoms with Crippen LogP contribution >= 0.6 is 0 Å². The van der Waals surface area contributed by atoms with Crippen LogP contribution in [0.25, 0.3) is 0 Å². The van der Waals surface area contributed by atoms with E-state index in [2.05, 4.69) is 20.2 Å². The van der Waals surface area contributed by atoms with Crippen LogP contribution < -0.4 is 16.0 Å². The van der Waals surface area contributed by atoms with Crippen LogP contribution in [-0.2, 0) is 4.74 Å². The Kier molecular flexibility index (Phi) is 6.35. The zero-order chi connectivity index (χ0) is 18.4. The highest BCUT2D eigenvalue weighted by Gasteiger charge is 2.25. The van der Waals surface area contributed by atoms with E-state index in [-0.39, 0.29) is 6.09 Å². The number of aromatic nitrogens is 2. The van der Waals surface area contributed by atoms with E-state index < -0.39 is 0 Å². The Morgan fingerprint density at radius 3 is 2.54 bits per heavy atom. The average molecular weight is 362 g/mol. The summed E-state index contributed by atoms with van der Waals surface area (Å²) in [5, 5.41) is 3.53. The number of nitrogens with zero attached hydrogens (tertiary/aromatic N) is 4. The lowest BCUT2D eigenvalue weighted by atomic mass is 10.1. The molecule has 8 heteroatoms. The topological polar surface area (TPSA) is 96.6 Å². The Morgan fingerprint density at radius 1 is 1.19 bits per heavy atom. The highest BCUT2D eigenvalue weighted by atomic mass is 16.6. The second kappa shape index (κ2) is 8.91. The van der Waals surface area contributed by atoms with Crippen molar-refractivity contribution in [2.24, 2.45) is 0 Å². The Morgan fingerprint density at radius 2 is 1.88 bits per heavy atom. The van der Waals surface area contributed by atoms with Gasteiger partial charge in [-0.2, -0.15) is 0 Å². The third-order valence-corrected chi connectivity index (χ3v) is 5.16. The van der Waals surface area contributed by atoms with Crippen LogP contribution in [-0.4, -0.2) is 59.8 Å². The number of hydrogen-bond donors (Lipinski definition) is 2. The van der Waals surface area contributed by atoms with Gasteiger partial charge >= 0.3 is 6.09 Å². The highest BCUT2D eigenvalue weighted by Crippen LogP contribution is 2.29. The van der Waals surface area contributed by atoms with Gasteiger partial charge in [0.1, 0.15) is 12.0 Å². The van der Waals surface area contributed by atoms with Gasteiger partial charge in [-0.1, -0.05) is 25.7 Å². The molecule has 0 atom stereocenters. The van der Waals surface area contributed by atoms with E-state index in [0.29, 0.717) is 44.5 Å². The fraction of sp³-hybridized carbons (Fsp3) is 0.722. The lowest BCUT2D eigenvalue weighted by Gasteiger charge is -2.35. The fourth-order valence-corrected chi connectivity index (χ4v) is 3.69. The molecule has 2 heterocycles. The number of carbonyl (C=O) groups is 1. The van der Waals surface area contributed by atoms with Crippen molar-refractivity contribution in [3.8, 4) is 0 Å². The number of nitrogen functional groups attached to an aromatic ring is 1. The molecule has 1 saturated carbocycles. The van der Waals surface area contributed by atoms with Crippen LogP contribution in [0.2, 0.25) is 0 Å². The number of anilines is 3. The summed E-state index contributed by atoms with van der Waals surface area (Å²) in [6.45, 7) is 4.79. The Bertz CT molecular complexity index is 595. The molecule has 0 spiro atoms. The van der Waals surface area contributed by atoms with Crippen molar-refractivity contribution in [1.29, 1.82) is 0 Å². The third-order valence-electron chi connectivity index (χ3n) is 5.16. The average Bonchev–Trinajstić information content (AvgIpc) is 2.92. The van der Waals surface area contributed by atoms with Gasteiger partial charge < -0.3 is 25.6 Å². The minimum atomic E-state index is -0.251. The molecule has 1 aromatic rings. The zero-order valence-corrected chi connectivity index (χ0v) is 15.6. The van der Waals surface area contributed by atoms with Gasteiger partial charge in [0, 0.05) is 32.2 Å². The number of ether oxygens (including phenoxy) is 1. The number of nitrogens with two attached hydrogens (primary N) is 1. The number of carbonyl (C=O) groups excluding carboxylic acids is 1. The monoisotopic (exact) mass is 362 g/mol. The van der Waals surface area contributed by atoms with E-state index in [0.717, 1.165) is 24.5 Å².